The van der Waals surface area contributed by atoms with Gasteiger partial charge in [-0.25, -0.2) is 17.5 Å². The van der Waals surface area contributed by atoms with Crippen LogP contribution in [-0.2, 0) is 16.4 Å². The van der Waals surface area contributed by atoms with Gasteiger partial charge in [0, 0.05) is 36.6 Å². The highest BCUT2D eigenvalue weighted by Crippen LogP contribution is 2.32. The van der Waals surface area contributed by atoms with Crippen LogP contribution >= 0.6 is 0 Å². The van der Waals surface area contributed by atoms with Gasteiger partial charge in [0.2, 0.25) is 0 Å². The first-order chi connectivity index (χ1) is 19.3. The van der Waals surface area contributed by atoms with Crippen LogP contribution < -0.4 is 14.8 Å². The van der Waals surface area contributed by atoms with Crippen LogP contribution in [0, 0.1) is 5.82 Å². The third-order valence-corrected chi connectivity index (χ3v) is 8.05. The maximum absolute atomic E-state index is 13.1. The van der Waals surface area contributed by atoms with Gasteiger partial charge in [0.25, 0.3) is 15.9 Å². The molecule has 1 aliphatic heterocycles. The Labute approximate surface area is 231 Å². The molecule has 0 saturated carbocycles. The molecule has 0 saturated heterocycles. The second-order valence-electron chi connectivity index (χ2n) is 9.53. The van der Waals surface area contributed by atoms with Crippen LogP contribution in [-0.4, -0.2) is 43.6 Å². The fourth-order valence-electron chi connectivity index (χ4n) is 4.51. The Kier molecular flexibility index (Phi) is 8.20. The molecule has 0 aliphatic carbocycles. The molecule has 1 aliphatic rings. The van der Waals surface area contributed by atoms with Gasteiger partial charge in [0.15, 0.2) is 0 Å². The molecule has 8 nitrogen and oxygen atoms in total. The van der Waals surface area contributed by atoms with Crippen LogP contribution in [0.15, 0.2) is 96.2 Å². The number of nitrogens with zero attached hydrogens (tertiary/aromatic N) is 1. The lowest BCUT2D eigenvalue weighted by atomic mass is 9.97. The summed E-state index contributed by atoms with van der Waals surface area (Å²) in [5.74, 6) is -0.553. The lowest BCUT2D eigenvalue weighted by Crippen LogP contribution is -2.36. The van der Waals surface area contributed by atoms with Crippen LogP contribution in [0.4, 0.5) is 4.39 Å². The van der Waals surface area contributed by atoms with Gasteiger partial charge in [0.05, 0.1) is 11.0 Å². The van der Waals surface area contributed by atoms with E-state index in [2.05, 4.69) is 10.3 Å². The first-order valence-electron chi connectivity index (χ1n) is 12.8. The minimum atomic E-state index is -4.10. The average Bonchev–Trinajstić information content (AvgIpc) is 2.97. The van der Waals surface area contributed by atoms with E-state index < -0.39 is 27.9 Å². The van der Waals surface area contributed by atoms with Crippen LogP contribution in [0.1, 0.15) is 34.0 Å². The maximum Gasteiger partial charge on any atom is 0.265 e. The van der Waals surface area contributed by atoms with Gasteiger partial charge in [-0.2, -0.15) is 0 Å². The minimum absolute atomic E-state index is 0.0194. The van der Waals surface area contributed by atoms with Gasteiger partial charge in [-0.05, 0) is 84.1 Å². The van der Waals surface area contributed by atoms with Crippen molar-refractivity contribution in [2.75, 3.05) is 13.1 Å². The van der Waals surface area contributed by atoms with E-state index in [1.54, 1.807) is 30.6 Å². The Morgan fingerprint density at radius 3 is 2.52 bits per heavy atom. The number of aliphatic hydroxyl groups is 1. The number of hydrogen-bond donors (Lipinski definition) is 3. The molecule has 1 amide bonds. The highest BCUT2D eigenvalue weighted by Gasteiger charge is 2.22. The number of sulfonamides is 1. The van der Waals surface area contributed by atoms with E-state index in [0.29, 0.717) is 13.1 Å². The van der Waals surface area contributed by atoms with E-state index in [1.807, 2.05) is 29.0 Å². The van der Waals surface area contributed by atoms with Gasteiger partial charge >= 0.3 is 0 Å². The molecule has 206 valence electrons. The highest BCUT2D eigenvalue weighted by atomic mass is 32.2. The molecule has 0 unspecified atom stereocenters. The second kappa shape index (κ2) is 12.0. The van der Waals surface area contributed by atoms with E-state index in [0.717, 1.165) is 53.0 Å². The van der Waals surface area contributed by atoms with Crippen molar-refractivity contribution < 1.29 is 27.4 Å². The predicted molar refractivity (Wildman–Crippen MR) is 148 cm³/mol. The van der Waals surface area contributed by atoms with Crippen molar-refractivity contribution in [3.05, 3.63) is 114 Å². The first-order valence-corrected chi connectivity index (χ1v) is 14.3. The topological polar surface area (TPSA) is 118 Å². The summed E-state index contributed by atoms with van der Waals surface area (Å²) in [6, 6.07) is 20.4. The number of aromatic nitrogens is 1. The van der Waals surface area contributed by atoms with E-state index in [-0.39, 0.29) is 16.6 Å². The van der Waals surface area contributed by atoms with Crippen molar-refractivity contribution in [2.24, 2.45) is 0 Å². The molecule has 1 aromatic heterocycles. The van der Waals surface area contributed by atoms with E-state index in [1.165, 1.54) is 24.3 Å². The SMILES string of the molecule is O=C(NS(=O)(=O)c1ccc(-c2ccc3c(c2)CC[C@H](CNC[C@H](O)c2cccnc2)O3)cc1)c1ccc(F)cc1. The van der Waals surface area contributed by atoms with E-state index in [4.69, 9.17) is 4.74 Å². The van der Waals surface area contributed by atoms with E-state index in [9.17, 15) is 22.7 Å². The molecular weight excluding hydrogens is 533 g/mol. The average molecular weight is 562 g/mol. The molecule has 0 bridgehead atoms. The fraction of sp³-hybridized carbons (Fsp3) is 0.200. The van der Waals surface area contributed by atoms with Crippen molar-refractivity contribution in [3.8, 4) is 16.9 Å². The Hall–Kier alpha value is -4.12. The summed E-state index contributed by atoms with van der Waals surface area (Å²) in [6.45, 7) is 1.01. The smallest absolute Gasteiger partial charge is 0.265 e. The van der Waals surface area contributed by atoms with Crippen LogP contribution in [0.5, 0.6) is 5.75 Å². The van der Waals surface area contributed by atoms with Crippen LogP contribution in [0.25, 0.3) is 11.1 Å². The Balaban J connectivity index is 1.18. The molecule has 3 N–H and O–H groups in total. The minimum Gasteiger partial charge on any atom is -0.489 e. The van der Waals surface area contributed by atoms with Crippen molar-refractivity contribution in [1.29, 1.82) is 0 Å². The molecule has 0 radical (unpaired) electrons. The van der Waals surface area contributed by atoms with Gasteiger partial charge in [-0.15, -0.1) is 0 Å². The molecule has 2 heterocycles. The Bertz CT molecular complexity index is 1580. The number of amides is 1. The largest absolute Gasteiger partial charge is 0.489 e. The number of rotatable bonds is 9. The van der Waals surface area contributed by atoms with Gasteiger partial charge in [-0.1, -0.05) is 24.3 Å². The number of hydrogen-bond acceptors (Lipinski definition) is 7. The van der Waals surface area contributed by atoms with Crippen molar-refractivity contribution in [3.63, 3.8) is 0 Å². The third kappa shape index (κ3) is 6.53. The summed E-state index contributed by atoms with van der Waals surface area (Å²) in [4.78, 5) is 16.3. The second-order valence-corrected chi connectivity index (χ2v) is 11.2. The fourth-order valence-corrected chi connectivity index (χ4v) is 5.48. The first kappa shape index (κ1) is 27.4. The predicted octanol–water partition coefficient (Wildman–Crippen LogP) is 4.02. The Morgan fingerprint density at radius 2 is 1.80 bits per heavy atom. The molecule has 2 atom stereocenters. The molecule has 4 aromatic rings. The number of fused-ring (bicyclic) bond motifs is 1. The number of carbonyl (C=O) groups is 1. The number of aliphatic hydroxyl groups excluding tert-OH is 1. The van der Waals surface area contributed by atoms with Crippen LogP contribution in [0.2, 0.25) is 0 Å². The standard InChI is InChI=1S/C30H28FN3O5S/c31-25-9-3-21(4-10-25)30(36)34-40(37,38)27-12-6-20(7-13-27)22-8-14-29-23(16-22)5-11-26(39-29)18-33-19-28(35)24-2-1-15-32-17-24/h1-4,6-10,12-17,26,28,33,35H,5,11,18-19H2,(H,34,36)/t26-,28+/m1/s1. The summed E-state index contributed by atoms with van der Waals surface area (Å²) in [6.07, 6.45) is 4.30. The van der Waals surface area contributed by atoms with Crippen molar-refractivity contribution >= 4 is 15.9 Å². The quantitative estimate of drug-likeness (QED) is 0.283. The number of aryl methyl sites for hydroxylation is 1. The summed E-state index contributed by atoms with van der Waals surface area (Å²) in [5.41, 5.74) is 3.60. The summed E-state index contributed by atoms with van der Waals surface area (Å²) < 4.78 is 46.6. The zero-order valence-corrected chi connectivity index (χ0v) is 22.3. The lowest BCUT2D eigenvalue weighted by Gasteiger charge is -2.27. The number of halogens is 1. The van der Waals surface area contributed by atoms with Crippen molar-refractivity contribution in [2.45, 2.75) is 29.9 Å². The molecule has 40 heavy (non-hydrogen) atoms. The van der Waals surface area contributed by atoms with Crippen LogP contribution in [0.3, 0.4) is 0 Å². The molecule has 0 fully saturated rings. The number of carbonyl (C=O) groups excluding carboxylic acids is 1. The molecule has 10 heteroatoms. The highest BCUT2D eigenvalue weighted by molar-refractivity contribution is 7.90. The monoisotopic (exact) mass is 561 g/mol. The summed E-state index contributed by atoms with van der Waals surface area (Å²) in [7, 11) is -4.10. The molecule has 3 aromatic carbocycles. The van der Waals surface area contributed by atoms with Crippen molar-refractivity contribution in [1.82, 2.24) is 15.0 Å². The van der Waals surface area contributed by atoms with E-state index >= 15 is 0 Å². The summed E-state index contributed by atoms with van der Waals surface area (Å²) >= 11 is 0. The lowest BCUT2D eigenvalue weighted by molar-refractivity contribution is 0.0981. The van der Waals surface area contributed by atoms with Gasteiger partial charge in [-0.3, -0.25) is 9.78 Å². The summed E-state index contributed by atoms with van der Waals surface area (Å²) in [5, 5.41) is 13.6. The molecule has 0 spiro atoms. The zero-order valence-electron chi connectivity index (χ0n) is 21.5. The van der Waals surface area contributed by atoms with Gasteiger partial charge < -0.3 is 15.2 Å². The zero-order chi connectivity index (χ0) is 28.1. The molecular formula is C30H28FN3O5S. The number of benzene rings is 3. The third-order valence-electron chi connectivity index (χ3n) is 6.70. The molecule has 5 rings (SSSR count). The number of ether oxygens (including phenoxy) is 1. The normalized spacial score (nSPS) is 15.5. The number of pyridine rings is 1. The number of nitrogens with one attached hydrogen (secondary N) is 2. The maximum atomic E-state index is 13.1. The Morgan fingerprint density at radius 1 is 1.05 bits per heavy atom. The van der Waals surface area contributed by atoms with Gasteiger partial charge in [0.1, 0.15) is 17.7 Å².